The van der Waals surface area contributed by atoms with E-state index in [0.29, 0.717) is 26.3 Å². The van der Waals surface area contributed by atoms with Crippen molar-refractivity contribution in [3.05, 3.63) is 51.6 Å². The number of hydrogen-bond acceptors (Lipinski definition) is 5. The second-order valence-corrected chi connectivity index (χ2v) is 8.97. The van der Waals surface area contributed by atoms with E-state index in [1.54, 1.807) is 29.2 Å². The van der Waals surface area contributed by atoms with Crippen LogP contribution in [0.3, 0.4) is 0 Å². The molecule has 0 spiro atoms. The van der Waals surface area contributed by atoms with Crippen molar-refractivity contribution >= 4 is 57.9 Å². The van der Waals surface area contributed by atoms with Gasteiger partial charge in [-0.05, 0) is 51.1 Å². The van der Waals surface area contributed by atoms with Crippen LogP contribution in [0.2, 0.25) is 5.02 Å². The van der Waals surface area contributed by atoms with E-state index in [9.17, 15) is 14.7 Å². The van der Waals surface area contributed by atoms with E-state index < -0.39 is 11.5 Å². The summed E-state index contributed by atoms with van der Waals surface area (Å²) in [5, 5.41) is 9.35. The van der Waals surface area contributed by atoms with Crippen LogP contribution in [-0.4, -0.2) is 31.7 Å². The Balaban J connectivity index is 1.90. The maximum absolute atomic E-state index is 12.6. The zero-order chi connectivity index (χ0) is 19.9. The van der Waals surface area contributed by atoms with E-state index in [-0.39, 0.29) is 16.5 Å². The summed E-state index contributed by atoms with van der Waals surface area (Å²) in [4.78, 5) is 25.9. The van der Waals surface area contributed by atoms with Gasteiger partial charge in [0.1, 0.15) is 15.8 Å². The minimum atomic E-state index is -1.11. The molecule has 1 amide bonds. The Morgan fingerprint density at radius 2 is 2.00 bits per heavy atom. The number of carbonyl (C=O) groups is 2. The molecule has 2 heterocycles. The van der Waals surface area contributed by atoms with E-state index in [1.165, 1.54) is 23.9 Å². The number of thioether (sulfide) groups is 1. The quantitative estimate of drug-likeness (QED) is 0.535. The SMILES string of the molecule is CC(C)(C)N1C(=O)/C(=C\c2ccc(-c3ccc(Cl)c(C(=O)O)c3)o2)SC1=S. The van der Waals surface area contributed by atoms with E-state index in [2.05, 4.69) is 0 Å². The molecule has 5 nitrogen and oxygen atoms in total. The van der Waals surface area contributed by atoms with Crippen LogP contribution >= 0.6 is 35.6 Å². The Labute approximate surface area is 171 Å². The van der Waals surface area contributed by atoms with Crippen molar-refractivity contribution in [2.75, 3.05) is 0 Å². The molecule has 3 rings (SSSR count). The van der Waals surface area contributed by atoms with Crippen molar-refractivity contribution in [3.8, 4) is 11.3 Å². The second kappa shape index (κ2) is 7.14. The monoisotopic (exact) mass is 421 g/mol. The van der Waals surface area contributed by atoms with Crippen LogP contribution in [0.1, 0.15) is 36.9 Å². The average molecular weight is 422 g/mol. The molecule has 1 aromatic carbocycles. The van der Waals surface area contributed by atoms with Crippen molar-refractivity contribution in [2.45, 2.75) is 26.3 Å². The van der Waals surface area contributed by atoms with Gasteiger partial charge < -0.3 is 9.52 Å². The highest BCUT2D eigenvalue weighted by Crippen LogP contribution is 2.37. The van der Waals surface area contributed by atoms with Gasteiger partial charge >= 0.3 is 5.97 Å². The van der Waals surface area contributed by atoms with Crippen LogP contribution < -0.4 is 0 Å². The first kappa shape index (κ1) is 19.7. The zero-order valence-electron chi connectivity index (χ0n) is 14.8. The highest BCUT2D eigenvalue weighted by molar-refractivity contribution is 8.26. The minimum absolute atomic E-state index is 0.00170. The molecule has 1 saturated heterocycles. The summed E-state index contributed by atoms with van der Waals surface area (Å²) < 4.78 is 6.28. The number of nitrogens with zero attached hydrogens (tertiary/aromatic N) is 1. The molecular formula is C19H16ClNO4S2. The number of amides is 1. The van der Waals surface area contributed by atoms with Crippen LogP contribution in [-0.2, 0) is 4.79 Å². The van der Waals surface area contributed by atoms with Gasteiger partial charge in [-0.25, -0.2) is 4.79 Å². The Morgan fingerprint density at radius 3 is 2.59 bits per heavy atom. The van der Waals surface area contributed by atoms with Gasteiger partial charge in [-0.2, -0.15) is 0 Å². The summed E-state index contributed by atoms with van der Waals surface area (Å²) in [5.74, 6) is -0.312. The number of thiocarbonyl (C=S) groups is 1. The number of benzene rings is 1. The lowest BCUT2D eigenvalue weighted by Crippen LogP contribution is -2.44. The van der Waals surface area contributed by atoms with Gasteiger partial charge in [0.2, 0.25) is 0 Å². The van der Waals surface area contributed by atoms with Gasteiger partial charge in [-0.1, -0.05) is 35.6 Å². The molecule has 0 radical (unpaired) electrons. The predicted molar refractivity (Wildman–Crippen MR) is 111 cm³/mol. The van der Waals surface area contributed by atoms with Crippen molar-refractivity contribution < 1.29 is 19.1 Å². The van der Waals surface area contributed by atoms with E-state index in [4.69, 9.17) is 28.2 Å². The molecular weight excluding hydrogens is 406 g/mol. The molecule has 0 unspecified atom stereocenters. The zero-order valence-corrected chi connectivity index (χ0v) is 17.2. The van der Waals surface area contributed by atoms with Gasteiger partial charge in [0, 0.05) is 17.2 Å². The number of halogens is 1. The number of carbonyl (C=O) groups excluding carboxylic acids is 1. The molecule has 0 bridgehead atoms. The van der Waals surface area contributed by atoms with Gasteiger partial charge in [-0.15, -0.1) is 0 Å². The Bertz CT molecular complexity index is 988. The lowest BCUT2D eigenvalue weighted by molar-refractivity contribution is -0.125. The Morgan fingerprint density at radius 1 is 1.30 bits per heavy atom. The van der Waals surface area contributed by atoms with E-state index >= 15 is 0 Å². The number of carboxylic acids is 1. The summed E-state index contributed by atoms with van der Waals surface area (Å²) in [6.45, 7) is 5.77. The minimum Gasteiger partial charge on any atom is -0.478 e. The molecule has 1 aliphatic rings. The van der Waals surface area contributed by atoms with Gasteiger partial charge in [0.05, 0.1) is 15.5 Å². The third kappa shape index (κ3) is 3.95. The standard InChI is InChI=1S/C19H16ClNO4S2/c1-19(2,3)21-16(22)15(27-18(21)26)9-11-5-7-14(25-11)10-4-6-13(20)12(8-10)17(23)24/h4-9H,1-3H3,(H,23,24)/b15-9+. The van der Waals surface area contributed by atoms with Gasteiger partial charge in [0.25, 0.3) is 5.91 Å². The largest absolute Gasteiger partial charge is 0.478 e. The van der Waals surface area contributed by atoms with E-state index in [0.717, 1.165) is 0 Å². The Hall–Kier alpha value is -2.09. The molecule has 1 N–H and O–H groups in total. The molecule has 1 aliphatic heterocycles. The Kier molecular flexibility index (Phi) is 5.20. The molecule has 0 saturated carbocycles. The summed E-state index contributed by atoms with van der Waals surface area (Å²) in [5.41, 5.74) is 0.179. The van der Waals surface area contributed by atoms with Crippen molar-refractivity contribution in [3.63, 3.8) is 0 Å². The smallest absolute Gasteiger partial charge is 0.337 e. The molecule has 1 aromatic heterocycles. The average Bonchev–Trinajstić information content (AvgIpc) is 3.12. The van der Waals surface area contributed by atoms with Crippen LogP contribution in [0, 0.1) is 0 Å². The molecule has 1 fully saturated rings. The fourth-order valence-electron chi connectivity index (χ4n) is 2.60. The van der Waals surface area contributed by atoms with E-state index in [1.807, 2.05) is 20.8 Å². The van der Waals surface area contributed by atoms with Crippen molar-refractivity contribution in [1.29, 1.82) is 0 Å². The first-order valence-corrected chi connectivity index (χ1v) is 9.59. The van der Waals surface area contributed by atoms with Crippen molar-refractivity contribution in [2.24, 2.45) is 0 Å². The summed E-state index contributed by atoms with van der Waals surface area (Å²) in [7, 11) is 0. The van der Waals surface area contributed by atoms with Gasteiger partial charge in [0.15, 0.2) is 0 Å². The molecule has 8 heteroatoms. The summed E-state index contributed by atoms with van der Waals surface area (Å²) in [6.07, 6.45) is 1.64. The lowest BCUT2D eigenvalue weighted by atomic mass is 10.1. The predicted octanol–water partition coefficient (Wildman–Crippen LogP) is 5.30. The number of carboxylic acid groups (broad SMARTS) is 1. The normalized spacial score (nSPS) is 16.4. The highest BCUT2D eigenvalue weighted by atomic mass is 35.5. The molecule has 2 aromatic rings. The molecule has 0 atom stereocenters. The maximum atomic E-state index is 12.6. The number of rotatable bonds is 3. The van der Waals surface area contributed by atoms with Gasteiger partial charge in [-0.3, -0.25) is 9.69 Å². The number of hydrogen-bond donors (Lipinski definition) is 1. The first-order chi connectivity index (χ1) is 12.6. The molecule has 140 valence electrons. The third-order valence-electron chi connectivity index (χ3n) is 3.85. The van der Waals surface area contributed by atoms with Crippen molar-refractivity contribution in [1.82, 2.24) is 4.90 Å². The number of furan rings is 1. The van der Waals surface area contributed by atoms with Crippen LogP contribution in [0.25, 0.3) is 17.4 Å². The number of aromatic carboxylic acids is 1. The maximum Gasteiger partial charge on any atom is 0.337 e. The lowest BCUT2D eigenvalue weighted by Gasteiger charge is -2.30. The summed E-state index contributed by atoms with van der Waals surface area (Å²) in [6, 6.07) is 8.07. The summed E-state index contributed by atoms with van der Waals surface area (Å²) >= 11 is 12.5. The van der Waals surface area contributed by atoms with Crippen LogP contribution in [0.5, 0.6) is 0 Å². The van der Waals surface area contributed by atoms with Crippen LogP contribution in [0.4, 0.5) is 0 Å². The fourth-order valence-corrected chi connectivity index (χ4v) is 4.42. The fraction of sp³-hybridized carbons (Fsp3) is 0.211. The van der Waals surface area contributed by atoms with Crippen LogP contribution in [0.15, 0.2) is 39.7 Å². The molecule has 0 aliphatic carbocycles. The third-order valence-corrected chi connectivity index (χ3v) is 5.48. The second-order valence-electron chi connectivity index (χ2n) is 6.89. The topological polar surface area (TPSA) is 70.8 Å². The highest BCUT2D eigenvalue weighted by Gasteiger charge is 2.39. The first-order valence-electron chi connectivity index (χ1n) is 7.99. The molecule has 27 heavy (non-hydrogen) atoms.